The summed E-state index contributed by atoms with van der Waals surface area (Å²) in [6.45, 7) is 2.28. The quantitative estimate of drug-likeness (QED) is 0.225. The maximum absolute atomic E-state index is 10.9. The first-order chi connectivity index (χ1) is 10.3. The molecule has 0 atom stereocenters. The Labute approximate surface area is 192 Å². The van der Waals surface area contributed by atoms with Crippen molar-refractivity contribution < 1.29 is 61.5 Å². The van der Waals surface area contributed by atoms with Gasteiger partial charge in [-0.2, -0.15) is 0 Å². The molecular weight excluding hydrogens is 366 g/mol. The van der Waals surface area contributed by atoms with E-state index in [1.165, 1.54) is 83.5 Å². The molecule has 4 N–H and O–H groups in total. The Morgan fingerprint density at radius 3 is 1.24 bits per heavy atom. The number of rotatable bonds is 16. The Hall–Kier alpha value is 1.21. The number of halogens is 1. The molecule has 0 fully saturated rings. The van der Waals surface area contributed by atoms with Gasteiger partial charge in [0.25, 0.3) is 5.97 Å². The van der Waals surface area contributed by atoms with Crippen LogP contribution in [0.3, 0.4) is 0 Å². The smallest absolute Gasteiger partial charge is 1.00 e. The van der Waals surface area contributed by atoms with Crippen molar-refractivity contribution in [1.82, 2.24) is 0 Å². The van der Waals surface area contributed by atoms with Gasteiger partial charge < -0.3 is 27.1 Å². The van der Waals surface area contributed by atoms with Crippen LogP contribution < -0.4 is 42.0 Å². The fourth-order valence-electron chi connectivity index (χ4n) is 2.70. The van der Waals surface area contributed by atoms with Crippen LogP contribution >= 0.6 is 0 Å². The fraction of sp³-hybridized carbons (Fsp3) is 0.944. The molecule has 146 valence electrons. The molecule has 2 radical (unpaired) electrons. The third-order valence-corrected chi connectivity index (χ3v) is 4.38. The van der Waals surface area contributed by atoms with Crippen LogP contribution in [0, 0.1) is 0 Å². The van der Waals surface area contributed by atoms with Crippen LogP contribution in [0.5, 0.6) is 0 Å². The first-order valence-electron chi connectivity index (χ1n) is 9.20. The van der Waals surface area contributed by atoms with Gasteiger partial charge >= 0.3 is 46.2 Å². The van der Waals surface area contributed by atoms with Crippen molar-refractivity contribution in [1.29, 1.82) is 0 Å². The number of carbonyl (C=O) groups is 1. The molecule has 0 aromatic carbocycles. The summed E-state index contributed by atoms with van der Waals surface area (Å²) >= 11 is 2.02. The standard InChI is InChI=1S/C18H36O2.Al.ClH.Na.2H2O/c1-2-3-4-5-6-7-8-9-10-11-12-13-14-15-16-17-18(19)20;;;;;/h2-17H2,1H3,(H,19,20);;1H;;2*1H2/q;+1;;+1;;/p-2. The average molecular weight is 405 g/mol. The van der Waals surface area contributed by atoms with Gasteiger partial charge in [-0.25, -0.2) is 0 Å². The van der Waals surface area contributed by atoms with Crippen LogP contribution in [0.25, 0.3) is 0 Å². The Balaban J connectivity index is -0.000000333. The molecule has 0 saturated heterocycles. The zero-order valence-corrected chi connectivity index (χ0v) is 20.5. The summed E-state index contributed by atoms with van der Waals surface area (Å²) in [4.78, 5) is 10.9. The van der Waals surface area contributed by atoms with Gasteiger partial charge in [0.2, 0.25) is 0 Å². The number of hydrogen-bond acceptors (Lipinski definition) is 2. The molecule has 0 bridgehead atoms. The van der Waals surface area contributed by atoms with Gasteiger partial charge in [-0.05, 0) is 6.42 Å². The molecule has 0 unspecified atom stereocenters. The minimum absolute atomic E-state index is 0. The number of unbranched alkanes of at least 4 members (excludes halogenated alkanes) is 14. The molecule has 0 aromatic heterocycles. The van der Waals surface area contributed by atoms with Crippen LogP contribution in [0.4, 0.5) is 0 Å². The van der Waals surface area contributed by atoms with Crippen molar-refractivity contribution in [3.8, 4) is 0 Å². The molecule has 0 aliphatic carbocycles. The van der Waals surface area contributed by atoms with E-state index in [1.807, 2.05) is 16.6 Å². The minimum Gasteiger partial charge on any atom is -1.00 e. The Morgan fingerprint density at radius 2 is 0.960 bits per heavy atom. The molecule has 0 aliphatic heterocycles. The van der Waals surface area contributed by atoms with E-state index in [0.29, 0.717) is 6.42 Å². The maximum Gasteiger partial charge on any atom is 1.00 e. The summed E-state index contributed by atoms with van der Waals surface area (Å²) in [5.74, 6) is -0.102. The first-order valence-corrected chi connectivity index (χ1v) is 9.68. The van der Waals surface area contributed by atoms with Gasteiger partial charge in [0, 0.05) is 6.42 Å². The molecule has 0 rings (SSSR count). The van der Waals surface area contributed by atoms with Crippen molar-refractivity contribution in [2.75, 3.05) is 0 Å². The van der Waals surface area contributed by atoms with Gasteiger partial charge in [-0.3, -0.25) is 4.79 Å². The van der Waals surface area contributed by atoms with Crippen LogP contribution in [0.2, 0.25) is 0 Å². The van der Waals surface area contributed by atoms with Crippen molar-refractivity contribution >= 4 is 22.6 Å². The van der Waals surface area contributed by atoms with Crippen LogP contribution in [-0.4, -0.2) is 33.5 Å². The average Bonchev–Trinajstić information content (AvgIpc) is 2.50. The van der Waals surface area contributed by atoms with Crippen molar-refractivity contribution in [3.63, 3.8) is 0 Å². The largest absolute Gasteiger partial charge is 1.00 e. The molecule has 0 heterocycles. The van der Waals surface area contributed by atoms with E-state index in [2.05, 4.69) is 10.7 Å². The van der Waals surface area contributed by atoms with E-state index < -0.39 is 0 Å². The van der Waals surface area contributed by atoms with Gasteiger partial charge in [0.05, 0.1) is 0 Å². The summed E-state index contributed by atoms with van der Waals surface area (Å²) in [7, 11) is 0. The van der Waals surface area contributed by atoms with E-state index in [4.69, 9.17) is 0 Å². The Kier molecular flexibility index (Phi) is 48.7. The van der Waals surface area contributed by atoms with E-state index in [0.717, 1.165) is 12.8 Å². The summed E-state index contributed by atoms with van der Waals surface area (Å²) < 4.78 is 4.55. The minimum atomic E-state index is -0.102. The first kappa shape index (κ1) is 37.0. The third kappa shape index (κ3) is 33.3. The molecule has 25 heavy (non-hydrogen) atoms. The van der Waals surface area contributed by atoms with Crippen LogP contribution in [0.15, 0.2) is 0 Å². The van der Waals surface area contributed by atoms with Gasteiger partial charge in [0.1, 0.15) is 0 Å². The zero-order chi connectivity index (χ0) is 15.6. The number of carbonyl (C=O) groups excluding carboxylic acids is 1. The molecule has 0 aliphatic rings. The number of hydrogen-bond donors (Lipinski definition) is 0. The van der Waals surface area contributed by atoms with Gasteiger partial charge in [-0.1, -0.05) is 96.8 Å². The van der Waals surface area contributed by atoms with Gasteiger partial charge in [0.15, 0.2) is 0 Å². The van der Waals surface area contributed by atoms with Crippen molar-refractivity contribution in [2.45, 2.75) is 110 Å². The Morgan fingerprint density at radius 1 is 0.680 bits per heavy atom. The zero-order valence-electron chi connectivity index (χ0n) is 16.6. The van der Waals surface area contributed by atoms with Crippen molar-refractivity contribution in [3.05, 3.63) is 0 Å². The monoisotopic (exact) mass is 404 g/mol. The summed E-state index contributed by atoms with van der Waals surface area (Å²) in [6.07, 6.45) is 20.9. The predicted molar refractivity (Wildman–Crippen MR) is 98.6 cm³/mol. The molecule has 0 saturated carbocycles. The second-order valence-electron chi connectivity index (χ2n) is 6.19. The SMILES string of the molecule is CCCCCCCCCCCCCCCCCC(=O)[O][Al].O.O.[Cl-].[Na+]. The summed E-state index contributed by atoms with van der Waals surface area (Å²) in [6, 6.07) is 0. The van der Waals surface area contributed by atoms with E-state index >= 15 is 0 Å². The normalized spacial score (nSPS) is 9.00. The third-order valence-electron chi connectivity index (χ3n) is 4.12. The molecule has 0 aromatic rings. The Bertz CT molecular complexity index is 237. The molecule has 0 spiro atoms. The maximum atomic E-state index is 10.9. The molecule has 4 nitrogen and oxygen atoms in total. The van der Waals surface area contributed by atoms with E-state index in [-0.39, 0.29) is 58.9 Å². The van der Waals surface area contributed by atoms with Crippen molar-refractivity contribution in [2.24, 2.45) is 0 Å². The van der Waals surface area contributed by atoms with Crippen LogP contribution in [0.1, 0.15) is 110 Å². The molecule has 7 heteroatoms. The van der Waals surface area contributed by atoms with Gasteiger partial charge in [-0.15, -0.1) is 0 Å². The fourth-order valence-corrected chi connectivity index (χ4v) is 2.82. The second kappa shape index (κ2) is 32.8. The summed E-state index contributed by atoms with van der Waals surface area (Å²) in [5, 5.41) is 0. The van der Waals surface area contributed by atoms with E-state index in [9.17, 15) is 4.79 Å². The topological polar surface area (TPSA) is 89.3 Å². The predicted octanol–water partition coefficient (Wildman–Crippen LogP) is -1.77. The molecular formula is C18H39AlClNaO4. The summed E-state index contributed by atoms with van der Waals surface area (Å²) in [5.41, 5.74) is 0. The second-order valence-corrected chi connectivity index (χ2v) is 6.43. The van der Waals surface area contributed by atoms with E-state index in [1.54, 1.807) is 0 Å². The van der Waals surface area contributed by atoms with Crippen LogP contribution in [-0.2, 0) is 8.58 Å². The molecule has 0 amide bonds.